The van der Waals surface area contributed by atoms with Crippen LogP contribution in [0.3, 0.4) is 0 Å². The summed E-state index contributed by atoms with van der Waals surface area (Å²) in [4.78, 5) is 24.5. The molecule has 0 saturated carbocycles. The molecule has 0 spiro atoms. The molecule has 0 fully saturated rings. The lowest BCUT2D eigenvalue weighted by molar-refractivity contribution is -0.143. The lowest BCUT2D eigenvalue weighted by Gasteiger charge is -2.22. The van der Waals surface area contributed by atoms with Gasteiger partial charge < -0.3 is 20.3 Å². The third kappa shape index (κ3) is 54.2. The molecule has 2 atom stereocenters. The van der Waals surface area contributed by atoms with Crippen LogP contribution in [0.25, 0.3) is 0 Å². The molecule has 0 aliphatic carbocycles. The molecule has 3 N–H and O–H groups in total. The molecule has 0 heterocycles. The van der Waals surface area contributed by atoms with E-state index in [0.29, 0.717) is 25.9 Å². The fourth-order valence-corrected chi connectivity index (χ4v) is 10.1. The maximum absolute atomic E-state index is 12.4. The first-order valence-corrected chi connectivity index (χ1v) is 31.3. The predicted molar refractivity (Wildman–Crippen MR) is 297 cm³/mol. The van der Waals surface area contributed by atoms with Gasteiger partial charge in [-0.2, -0.15) is 0 Å². The number of unbranched alkanes of at least 4 members (excludes halogenated alkanes) is 48. The summed E-state index contributed by atoms with van der Waals surface area (Å²) in [6.07, 6.45) is 68.5. The summed E-state index contributed by atoms with van der Waals surface area (Å²) < 4.78 is 5.51. The van der Waals surface area contributed by atoms with E-state index in [1.807, 2.05) is 0 Å². The fraction of sp³-hybridized carbons (Fsp3) is 0.968. The van der Waals surface area contributed by atoms with Gasteiger partial charge in [-0.3, -0.25) is 9.59 Å². The van der Waals surface area contributed by atoms with Crippen molar-refractivity contribution in [2.24, 2.45) is 0 Å². The number of hydrogen-bond acceptors (Lipinski definition) is 5. The average Bonchev–Trinajstić information content (AvgIpc) is 3.34. The minimum absolute atomic E-state index is 0.0200. The standard InChI is InChI=1S/C62H123NO5/c1-3-5-7-9-11-13-14-15-16-17-23-27-30-33-36-40-44-48-52-56-62(67)68-57-53-49-45-41-37-34-31-28-25-22-20-18-19-21-24-26-29-32-35-39-43-47-51-55-61(66)63-59(58-64)60(65)54-50-46-42-38-12-10-8-6-4-2/h59-60,64-65H,3-58H2,1-2H3,(H,63,66). The molecule has 0 aromatic rings. The van der Waals surface area contributed by atoms with Crippen molar-refractivity contribution in [2.45, 2.75) is 373 Å². The summed E-state index contributed by atoms with van der Waals surface area (Å²) in [5.74, 6) is -0.0149. The van der Waals surface area contributed by atoms with Crippen LogP contribution in [0.15, 0.2) is 0 Å². The van der Waals surface area contributed by atoms with E-state index in [4.69, 9.17) is 4.74 Å². The molecule has 6 nitrogen and oxygen atoms in total. The average molecular weight is 963 g/mol. The maximum Gasteiger partial charge on any atom is 0.305 e. The Morgan fingerprint density at radius 3 is 0.897 bits per heavy atom. The van der Waals surface area contributed by atoms with Gasteiger partial charge in [-0.1, -0.05) is 322 Å². The van der Waals surface area contributed by atoms with Crippen molar-refractivity contribution in [3.63, 3.8) is 0 Å². The van der Waals surface area contributed by atoms with Gasteiger partial charge in [-0.25, -0.2) is 0 Å². The third-order valence-corrected chi connectivity index (χ3v) is 14.9. The number of rotatable bonds is 59. The van der Waals surface area contributed by atoms with E-state index in [-0.39, 0.29) is 18.5 Å². The largest absolute Gasteiger partial charge is 0.466 e. The molecule has 406 valence electrons. The van der Waals surface area contributed by atoms with Crippen LogP contribution in [0.1, 0.15) is 361 Å². The van der Waals surface area contributed by atoms with Crippen molar-refractivity contribution in [2.75, 3.05) is 13.2 Å². The quantitative estimate of drug-likeness (QED) is 0.0417. The van der Waals surface area contributed by atoms with Crippen molar-refractivity contribution in [3.8, 4) is 0 Å². The Bertz CT molecular complexity index is 975. The van der Waals surface area contributed by atoms with Gasteiger partial charge in [-0.05, 0) is 25.7 Å². The second-order valence-electron chi connectivity index (χ2n) is 21.8. The molecule has 0 bridgehead atoms. The van der Waals surface area contributed by atoms with Gasteiger partial charge in [0, 0.05) is 12.8 Å². The highest BCUT2D eigenvalue weighted by Gasteiger charge is 2.20. The number of carbonyl (C=O) groups is 2. The van der Waals surface area contributed by atoms with Gasteiger partial charge in [0.25, 0.3) is 0 Å². The number of ether oxygens (including phenoxy) is 1. The Morgan fingerprint density at radius 2 is 0.603 bits per heavy atom. The molecule has 0 aromatic carbocycles. The molecule has 0 saturated heterocycles. The number of carbonyl (C=O) groups excluding carboxylic acids is 2. The minimum Gasteiger partial charge on any atom is -0.466 e. The summed E-state index contributed by atoms with van der Waals surface area (Å²) in [7, 11) is 0. The number of hydrogen-bond donors (Lipinski definition) is 3. The van der Waals surface area contributed by atoms with E-state index < -0.39 is 12.1 Å². The van der Waals surface area contributed by atoms with Crippen LogP contribution in [0.5, 0.6) is 0 Å². The van der Waals surface area contributed by atoms with Gasteiger partial charge in [-0.15, -0.1) is 0 Å². The van der Waals surface area contributed by atoms with E-state index in [0.717, 1.165) is 38.5 Å². The zero-order valence-corrected chi connectivity index (χ0v) is 46.4. The fourth-order valence-electron chi connectivity index (χ4n) is 10.1. The van der Waals surface area contributed by atoms with Crippen molar-refractivity contribution in [1.82, 2.24) is 5.32 Å². The molecular formula is C62H123NO5. The summed E-state index contributed by atoms with van der Waals surface area (Å²) in [6.45, 7) is 4.96. The molecule has 6 heteroatoms. The Labute approximate surface area is 426 Å². The smallest absolute Gasteiger partial charge is 0.305 e. The SMILES string of the molecule is CCCCCCCCCCCCCCCCCCCCCC(=O)OCCCCCCCCCCCCCCCCCCCCCCCCCC(=O)NC(CO)C(O)CCCCCCCCCCC. The van der Waals surface area contributed by atoms with Crippen molar-refractivity contribution >= 4 is 11.9 Å². The zero-order valence-electron chi connectivity index (χ0n) is 46.4. The molecule has 0 aliphatic heterocycles. The first kappa shape index (κ1) is 66.9. The number of esters is 1. The van der Waals surface area contributed by atoms with E-state index in [1.54, 1.807) is 0 Å². The normalized spacial score (nSPS) is 12.5. The summed E-state index contributed by atoms with van der Waals surface area (Å²) in [5, 5.41) is 23.1. The Hall–Kier alpha value is -1.14. The monoisotopic (exact) mass is 962 g/mol. The Morgan fingerprint density at radius 1 is 0.353 bits per heavy atom. The van der Waals surface area contributed by atoms with E-state index in [1.165, 1.54) is 289 Å². The number of aliphatic hydroxyl groups excluding tert-OH is 2. The Kier molecular flexibility index (Phi) is 57.5. The first-order valence-electron chi connectivity index (χ1n) is 31.3. The third-order valence-electron chi connectivity index (χ3n) is 14.9. The van der Waals surface area contributed by atoms with E-state index in [2.05, 4.69) is 19.2 Å². The van der Waals surface area contributed by atoms with Crippen LogP contribution in [-0.4, -0.2) is 47.4 Å². The van der Waals surface area contributed by atoms with Gasteiger partial charge in [0.05, 0.1) is 25.4 Å². The molecule has 0 aromatic heterocycles. The van der Waals surface area contributed by atoms with Crippen LogP contribution in [0.4, 0.5) is 0 Å². The van der Waals surface area contributed by atoms with Crippen molar-refractivity contribution in [3.05, 3.63) is 0 Å². The molecule has 2 unspecified atom stereocenters. The van der Waals surface area contributed by atoms with Crippen LogP contribution >= 0.6 is 0 Å². The van der Waals surface area contributed by atoms with Gasteiger partial charge in [0.15, 0.2) is 0 Å². The van der Waals surface area contributed by atoms with Gasteiger partial charge in [0.2, 0.25) is 5.91 Å². The van der Waals surface area contributed by atoms with Crippen molar-refractivity contribution < 1.29 is 24.5 Å². The minimum atomic E-state index is -0.660. The number of aliphatic hydroxyl groups is 2. The predicted octanol–water partition coefficient (Wildman–Crippen LogP) is 19.5. The zero-order chi connectivity index (χ0) is 49.3. The van der Waals surface area contributed by atoms with Crippen LogP contribution < -0.4 is 5.32 Å². The maximum atomic E-state index is 12.4. The molecule has 1 amide bonds. The molecule has 0 rings (SSSR count). The van der Waals surface area contributed by atoms with Crippen molar-refractivity contribution in [1.29, 1.82) is 0 Å². The second-order valence-corrected chi connectivity index (χ2v) is 21.8. The molecular weight excluding hydrogens is 839 g/mol. The highest BCUT2D eigenvalue weighted by molar-refractivity contribution is 5.76. The summed E-state index contributed by atoms with van der Waals surface area (Å²) in [5.41, 5.74) is 0. The topological polar surface area (TPSA) is 95.9 Å². The van der Waals surface area contributed by atoms with E-state index >= 15 is 0 Å². The van der Waals surface area contributed by atoms with Crippen LogP contribution in [-0.2, 0) is 14.3 Å². The Balaban J connectivity index is 3.30. The summed E-state index contributed by atoms with van der Waals surface area (Å²) >= 11 is 0. The molecule has 0 radical (unpaired) electrons. The molecule has 68 heavy (non-hydrogen) atoms. The summed E-state index contributed by atoms with van der Waals surface area (Å²) in [6, 6.07) is -0.537. The van der Waals surface area contributed by atoms with Gasteiger partial charge >= 0.3 is 5.97 Å². The molecule has 0 aliphatic rings. The van der Waals surface area contributed by atoms with Crippen LogP contribution in [0, 0.1) is 0 Å². The lowest BCUT2D eigenvalue weighted by Crippen LogP contribution is -2.45. The highest BCUT2D eigenvalue weighted by Crippen LogP contribution is 2.19. The van der Waals surface area contributed by atoms with Crippen LogP contribution in [0.2, 0.25) is 0 Å². The number of nitrogens with one attached hydrogen (secondary N) is 1. The lowest BCUT2D eigenvalue weighted by atomic mass is 10.0. The first-order chi connectivity index (χ1) is 33.5. The van der Waals surface area contributed by atoms with Gasteiger partial charge in [0.1, 0.15) is 0 Å². The van der Waals surface area contributed by atoms with E-state index in [9.17, 15) is 19.8 Å². The second kappa shape index (κ2) is 58.4. The highest BCUT2D eigenvalue weighted by atomic mass is 16.5. The number of amides is 1.